The maximum absolute atomic E-state index is 13.3. The quantitative estimate of drug-likeness (QED) is 0.736. The highest BCUT2D eigenvalue weighted by Crippen LogP contribution is 2.24. The Morgan fingerprint density at radius 1 is 1.39 bits per heavy atom. The molecule has 0 N–H and O–H groups in total. The summed E-state index contributed by atoms with van der Waals surface area (Å²) in [4.78, 5) is 11.0. The van der Waals surface area contributed by atoms with E-state index in [9.17, 15) is 13.6 Å². The maximum atomic E-state index is 13.3. The summed E-state index contributed by atoms with van der Waals surface area (Å²) in [5.74, 6) is -1.83. The van der Waals surface area contributed by atoms with Gasteiger partial charge in [0.25, 0.3) is 0 Å². The van der Waals surface area contributed by atoms with Crippen LogP contribution in [-0.4, -0.2) is 25.8 Å². The molecule has 18 heavy (non-hydrogen) atoms. The smallest absolute Gasteiger partial charge is 0.459 e. The average molecular weight is 260 g/mol. The van der Waals surface area contributed by atoms with Crippen molar-refractivity contribution in [3.05, 3.63) is 29.8 Å². The largest absolute Gasteiger partial charge is 0.502 e. The molecule has 1 aromatic carbocycles. The Morgan fingerprint density at radius 2 is 2.11 bits per heavy atom. The van der Waals surface area contributed by atoms with E-state index in [2.05, 4.69) is 9.47 Å². The molecule has 0 unspecified atom stereocenters. The summed E-state index contributed by atoms with van der Waals surface area (Å²) in [6.45, 7) is 1.57. The molecule has 0 atom stereocenters. The molecule has 100 valence electrons. The highest BCUT2D eigenvalue weighted by molar-refractivity contribution is 5.76. The minimum atomic E-state index is -4.00. The normalized spacial score (nSPS) is 11.1. The number of halogens is 2. The van der Waals surface area contributed by atoms with Crippen LogP contribution in [0.1, 0.15) is 12.5 Å². The molecule has 1 rings (SSSR count). The summed E-state index contributed by atoms with van der Waals surface area (Å²) < 4.78 is 40.0. The van der Waals surface area contributed by atoms with Crippen molar-refractivity contribution in [3.8, 4) is 5.75 Å². The molecule has 0 saturated heterocycles. The summed E-state index contributed by atoms with van der Waals surface area (Å²) in [6, 6.07) is 5.92. The Labute approximate surface area is 103 Å². The first-order chi connectivity index (χ1) is 8.49. The van der Waals surface area contributed by atoms with Crippen molar-refractivity contribution >= 4 is 5.97 Å². The standard InChI is InChI=1S/C12H14F2O4/c1-3-17-11(15)12(13,14)18-10-6-4-5-9(7-10)8-16-2/h4-7H,3,8H2,1-2H3. The van der Waals surface area contributed by atoms with E-state index in [1.807, 2.05) is 0 Å². The van der Waals surface area contributed by atoms with Gasteiger partial charge < -0.3 is 14.2 Å². The van der Waals surface area contributed by atoms with Gasteiger partial charge in [-0.05, 0) is 24.6 Å². The van der Waals surface area contributed by atoms with Gasteiger partial charge in [-0.2, -0.15) is 8.78 Å². The summed E-state index contributed by atoms with van der Waals surface area (Å²) >= 11 is 0. The van der Waals surface area contributed by atoms with Crippen LogP contribution in [0, 0.1) is 0 Å². The van der Waals surface area contributed by atoms with Crippen LogP contribution in [0.5, 0.6) is 5.75 Å². The fourth-order valence-corrected chi connectivity index (χ4v) is 1.27. The van der Waals surface area contributed by atoms with E-state index in [0.29, 0.717) is 5.56 Å². The number of benzene rings is 1. The van der Waals surface area contributed by atoms with Gasteiger partial charge in [-0.3, -0.25) is 0 Å². The van der Waals surface area contributed by atoms with Crippen LogP contribution in [0.4, 0.5) is 8.78 Å². The molecular weight excluding hydrogens is 246 g/mol. The van der Waals surface area contributed by atoms with E-state index < -0.39 is 12.1 Å². The summed E-state index contributed by atoms with van der Waals surface area (Å²) in [5.41, 5.74) is 0.662. The second-order valence-corrected chi connectivity index (χ2v) is 3.42. The predicted octanol–water partition coefficient (Wildman–Crippen LogP) is 2.37. The molecule has 0 amide bonds. The molecule has 0 fully saturated rings. The summed E-state index contributed by atoms with van der Waals surface area (Å²) in [5, 5.41) is 0. The zero-order valence-electron chi connectivity index (χ0n) is 10.1. The zero-order valence-corrected chi connectivity index (χ0v) is 10.1. The van der Waals surface area contributed by atoms with Gasteiger partial charge in [0, 0.05) is 7.11 Å². The second-order valence-electron chi connectivity index (χ2n) is 3.42. The molecule has 6 heteroatoms. The van der Waals surface area contributed by atoms with Crippen molar-refractivity contribution in [2.45, 2.75) is 19.6 Å². The first-order valence-electron chi connectivity index (χ1n) is 5.31. The predicted molar refractivity (Wildman–Crippen MR) is 59.4 cm³/mol. The Hall–Kier alpha value is -1.69. The molecule has 0 saturated carbocycles. The van der Waals surface area contributed by atoms with E-state index in [0.717, 1.165) is 0 Å². The Kier molecular flexibility index (Phi) is 5.03. The lowest BCUT2D eigenvalue weighted by atomic mass is 10.2. The van der Waals surface area contributed by atoms with Crippen molar-refractivity contribution in [1.29, 1.82) is 0 Å². The zero-order chi connectivity index (χ0) is 13.6. The third-order valence-corrected chi connectivity index (χ3v) is 1.97. The first-order valence-corrected chi connectivity index (χ1v) is 5.31. The lowest BCUT2D eigenvalue weighted by molar-refractivity contribution is -0.216. The lowest BCUT2D eigenvalue weighted by Gasteiger charge is -2.16. The molecule has 0 aliphatic carbocycles. The number of rotatable bonds is 6. The van der Waals surface area contributed by atoms with Crippen molar-refractivity contribution in [1.82, 2.24) is 0 Å². The van der Waals surface area contributed by atoms with Crippen LogP contribution in [0.3, 0.4) is 0 Å². The van der Waals surface area contributed by atoms with Gasteiger partial charge in [0.15, 0.2) is 0 Å². The molecule has 0 aliphatic heterocycles. The molecule has 0 aliphatic rings. The van der Waals surface area contributed by atoms with Gasteiger partial charge in [-0.15, -0.1) is 0 Å². The van der Waals surface area contributed by atoms with E-state index in [-0.39, 0.29) is 19.0 Å². The SMILES string of the molecule is CCOC(=O)C(F)(F)Oc1cccc(COC)c1. The van der Waals surface area contributed by atoms with Crippen molar-refractivity contribution in [2.24, 2.45) is 0 Å². The van der Waals surface area contributed by atoms with Gasteiger partial charge in [0.1, 0.15) is 5.75 Å². The highest BCUT2D eigenvalue weighted by atomic mass is 19.3. The lowest BCUT2D eigenvalue weighted by Crippen LogP contribution is -2.36. The number of alkyl halides is 2. The van der Waals surface area contributed by atoms with Gasteiger partial charge in [0.2, 0.25) is 0 Å². The molecule has 0 bridgehead atoms. The molecular formula is C12H14F2O4. The van der Waals surface area contributed by atoms with Crippen molar-refractivity contribution < 1.29 is 27.8 Å². The van der Waals surface area contributed by atoms with Gasteiger partial charge in [0.05, 0.1) is 13.2 Å². The number of carbonyl (C=O) groups excluding carboxylic acids is 1. The van der Waals surface area contributed by atoms with Crippen molar-refractivity contribution in [2.75, 3.05) is 13.7 Å². The van der Waals surface area contributed by atoms with Crippen LogP contribution in [0.2, 0.25) is 0 Å². The van der Waals surface area contributed by atoms with Crippen LogP contribution >= 0.6 is 0 Å². The monoisotopic (exact) mass is 260 g/mol. The van der Waals surface area contributed by atoms with Gasteiger partial charge in [-0.25, -0.2) is 4.79 Å². The fourth-order valence-electron chi connectivity index (χ4n) is 1.27. The number of methoxy groups -OCH3 is 1. The van der Waals surface area contributed by atoms with Gasteiger partial charge >= 0.3 is 12.1 Å². The molecule has 0 spiro atoms. The first kappa shape index (κ1) is 14.4. The Bertz CT molecular complexity index is 407. The summed E-state index contributed by atoms with van der Waals surface area (Å²) in [6.07, 6.45) is -4.00. The molecule has 0 aromatic heterocycles. The maximum Gasteiger partial charge on any atom is 0.502 e. The van der Waals surface area contributed by atoms with E-state index in [1.165, 1.54) is 32.2 Å². The highest BCUT2D eigenvalue weighted by Gasteiger charge is 2.44. The van der Waals surface area contributed by atoms with E-state index in [1.54, 1.807) is 6.07 Å². The summed E-state index contributed by atoms with van der Waals surface area (Å²) in [7, 11) is 1.49. The van der Waals surface area contributed by atoms with E-state index in [4.69, 9.17) is 4.74 Å². The van der Waals surface area contributed by atoms with Gasteiger partial charge in [-0.1, -0.05) is 12.1 Å². The Balaban J connectivity index is 2.76. The van der Waals surface area contributed by atoms with Crippen LogP contribution in [-0.2, 0) is 20.9 Å². The number of carbonyl (C=O) groups is 1. The topological polar surface area (TPSA) is 44.8 Å². The number of esters is 1. The number of ether oxygens (including phenoxy) is 3. The molecule has 4 nitrogen and oxygen atoms in total. The third-order valence-electron chi connectivity index (χ3n) is 1.97. The number of hydrogen-bond donors (Lipinski definition) is 0. The van der Waals surface area contributed by atoms with Crippen LogP contribution < -0.4 is 4.74 Å². The van der Waals surface area contributed by atoms with E-state index >= 15 is 0 Å². The third kappa shape index (κ3) is 3.96. The second kappa shape index (κ2) is 6.30. The van der Waals surface area contributed by atoms with Crippen LogP contribution in [0.25, 0.3) is 0 Å². The fraction of sp³-hybridized carbons (Fsp3) is 0.417. The molecule has 1 aromatic rings. The molecule has 0 heterocycles. The number of hydrogen-bond acceptors (Lipinski definition) is 4. The van der Waals surface area contributed by atoms with Crippen LogP contribution in [0.15, 0.2) is 24.3 Å². The molecule has 0 radical (unpaired) electrons. The average Bonchev–Trinajstić information content (AvgIpc) is 2.29. The minimum Gasteiger partial charge on any atom is -0.459 e. The Morgan fingerprint density at radius 3 is 2.72 bits per heavy atom. The van der Waals surface area contributed by atoms with Crippen molar-refractivity contribution in [3.63, 3.8) is 0 Å². The minimum absolute atomic E-state index is 0.123.